The Morgan fingerprint density at radius 2 is 2.05 bits per heavy atom. The van der Waals surface area contributed by atoms with E-state index in [1.165, 1.54) is 6.07 Å². The Bertz CT molecular complexity index is 426. The van der Waals surface area contributed by atoms with Gasteiger partial charge in [-0.05, 0) is 30.0 Å². The fraction of sp³-hybridized carbons (Fsp3) is 0.500. The zero-order chi connectivity index (χ0) is 13.7. The summed E-state index contributed by atoms with van der Waals surface area (Å²) in [5, 5.41) is 2.65. The highest BCUT2D eigenvalue weighted by atomic mass is 35.5. The highest BCUT2D eigenvalue weighted by Gasteiger charge is 2.19. The van der Waals surface area contributed by atoms with Gasteiger partial charge >= 0.3 is 0 Å². The summed E-state index contributed by atoms with van der Waals surface area (Å²) >= 11 is 0. The molecule has 3 N–H and O–H groups in total. The van der Waals surface area contributed by atoms with E-state index in [0.717, 1.165) is 6.42 Å². The third-order valence-corrected chi connectivity index (χ3v) is 3.26. The lowest BCUT2D eigenvalue weighted by Gasteiger charge is -2.17. The molecule has 19 heavy (non-hydrogen) atoms. The molecule has 0 bridgehead atoms. The summed E-state index contributed by atoms with van der Waals surface area (Å²) in [6.45, 7) is 5.79. The quantitative estimate of drug-likeness (QED) is 0.874. The molecule has 0 radical (unpaired) electrons. The molecular formula is C14H22ClFN2O. The van der Waals surface area contributed by atoms with Crippen LogP contribution in [0.25, 0.3) is 0 Å². The van der Waals surface area contributed by atoms with Crippen LogP contribution < -0.4 is 11.1 Å². The van der Waals surface area contributed by atoms with Crippen LogP contribution in [-0.2, 0) is 11.2 Å². The first kappa shape index (κ1) is 17.9. The van der Waals surface area contributed by atoms with Gasteiger partial charge in [0.15, 0.2) is 0 Å². The molecule has 1 amide bonds. The molecule has 0 aliphatic carbocycles. The normalized spacial score (nSPS) is 13.3. The second-order valence-electron chi connectivity index (χ2n) is 4.56. The van der Waals surface area contributed by atoms with Crippen molar-refractivity contribution in [3.8, 4) is 0 Å². The molecule has 0 aliphatic rings. The van der Waals surface area contributed by atoms with Gasteiger partial charge in [-0.15, -0.1) is 12.4 Å². The molecule has 1 aromatic rings. The Balaban J connectivity index is 0.00000324. The van der Waals surface area contributed by atoms with Crippen molar-refractivity contribution >= 4 is 24.0 Å². The number of rotatable bonds is 5. The molecule has 0 aliphatic heterocycles. The fourth-order valence-corrected chi connectivity index (χ4v) is 1.65. The summed E-state index contributed by atoms with van der Waals surface area (Å²) in [4.78, 5) is 11.8. The second kappa shape index (κ2) is 8.12. The first-order valence-electron chi connectivity index (χ1n) is 6.34. The van der Waals surface area contributed by atoms with Crippen LogP contribution in [-0.4, -0.2) is 11.9 Å². The van der Waals surface area contributed by atoms with Gasteiger partial charge in [-0.3, -0.25) is 4.79 Å². The van der Waals surface area contributed by atoms with Crippen molar-refractivity contribution in [2.24, 2.45) is 11.7 Å². The number of nitrogens with one attached hydrogen (secondary N) is 1. The Labute approximate surface area is 120 Å². The number of carbonyl (C=O) groups is 1. The van der Waals surface area contributed by atoms with Crippen molar-refractivity contribution in [2.45, 2.75) is 39.7 Å². The van der Waals surface area contributed by atoms with E-state index >= 15 is 0 Å². The number of halogens is 2. The zero-order valence-electron chi connectivity index (χ0n) is 11.6. The largest absolute Gasteiger partial charge is 0.325 e. The lowest BCUT2D eigenvalue weighted by molar-refractivity contribution is -0.118. The van der Waals surface area contributed by atoms with Gasteiger partial charge in [-0.2, -0.15) is 0 Å². The van der Waals surface area contributed by atoms with Crippen molar-refractivity contribution in [3.05, 3.63) is 29.6 Å². The van der Waals surface area contributed by atoms with Crippen LogP contribution in [0.15, 0.2) is 18.2 Å². The minimum Gasteiger partial charge on any atom is -0.325 e. The van der Waals surface area contributed by atoms with Gasteiger partial charge in [0.05, 0.1) is 6.04 Å². The van der Waals surface area contributed by atoms with Crippen molar-refractivity contribution in [2.75, 3.05) is 5.32 Å². The van der Waals surface area contributed by atoms with Crippen LogP contribution in [0.4, 0.5) is 10.1 Å². The minimum atomic E-state index is -0.566. The smallest absolute Gasteiger partial charge is 0.241 e. The molecular weight excluding hydrogens is 267 g/mol. The molecule has 0 saturated heterocycles. The minimum absolute atomic E-state index is 0. The number of aryl methyl sites for hydroxylation is 1. The third kappa shape index (κ3) is 4.80. The van der Waals surface area contributed by atoms with Crippen LogP contribution in [0.2, 0.25) is 0 Å². The molecule has 3 nitrogen and oxygen atoms in total. The third-order valence-electron chi connectivity index (χ3n) is 3.26. The fourth-order valence-electron chi connectivity index (χ4n) is 1.65. The first-order valence-corrected chi connectivity index (χ1v) is 6.34. The summed E-state index contributed by atoms with van der Waals surface area (Å²) in [5.41, 5.74) is 6.90. The number of amides is 1. The summed E-state index contributed by atoms with van der Waals surface area (Å²) in [6, 6.07) is 4.15. The van der Waals surface area contributed by atoms with Crippen molar-refractivity contribution in [1.29, 1.82) is 0 Å². The molecule has 108 valence electrons. The maximum absolute atomic E-state index is 13.5. The second-order valence-corrected chi connectivity index (χ2v) is 4.56. The zero-order valence-corrected chi connectivity index (χ0v) is 12.4. The SMILES string of the molecule is CCc1ccc(NC(=O)C(N)C(C)CC)cc1F.Cl. The molecule has 1 rings (SSSR count). The summed E-state index contributed by atoms with van der Waals surface area (Å²) in [7, 11) is 0. The predicted molar refractivity (Wildman–Crippen MR) is 79.1 cm³/mol. The predicted octanol–water partition coefficient (Wildman–Crippen LogP) is 3.12. The van der Waals surface area contributed by atoms with E-state index in [1.807, 2.05) is 20.8 Å². The standard InChI is InChI=1S/C14H21FN2O.ClH/c1-4-9(3)13(16)14(18)17-11-7-6-10(5-2)12(15)8-11;/h6-9,13H,4-5,16H2,1-3H3,(H,17,18);1H. The average Bonchev–Trinajstić information content (AvgIpc) is 2.37. The topological polar surface area (TPSA) is 55.1 Å². The number of anilines is 1. The van der Waals surface area contributed by atoms with Crippen molar-refractivity contribution in [1.82, 2.24) is 0 Å². The van der Waals surface area contributed by atoms with E-state index in [9.17, 15) is 9.18 Å². The number of benzene rings is 1. The monoisotopic (exact) mass is 288 g/mol. The van der Waals surface area contributed by atoms with Gasteiger partial charge in [0.1, 0.15) is 5.82 Å². The highest BCUT2D eigenvalue weighted by Crippen LogP contribution is 2.16. The molecule has 0 spiro atoms. The molecule has 0 heterocycles. The summed E-state index contributed by atoms with van der Waals surface area (Å²) in [6.07, 6.45) is 1.46. The number of carbonyl (C=O) groups excluding carboxylic acids is 1. The number of hydrogen-bond acceptors (Lipinski definition) is 2. The molecule has 2 unspecified atom stereocenters. The Hall–Kier alpha value is -1.13. The van der Waals surface area contributed by atoms with Gasteiger partial charge < -0.3 is 11.1 Å². The van der Waals surface area contributed by atoms with Gasteiger partial charge in [0.25, 0.3) is 0 Å². The lowest BCUT2D eigenvalue weighted by Crippen LogP contribution is -2.40. The summed E-state index contributed by atoms with van der Waals surface area (Å²) in [5.74, 6) is -0.467. The van der Waals surface area contributed by atoms with Crippen LogP contribution in [0.5, 0.6) is 0 Å². The van der Waals surface area contributed by atoms with Crippen LogP contribution >= 0.6 is 12.4 Å². The van der Waals surface area contributed by atoms with E-state index in [4.69, 9.17) is 5.73 Å². The number of nitrogens with two attached hydrogens (primary N) is 1. The molecule has 0 aromatic heterocycles. The number of hydrogen-bond donors (Lipinski definition) is 2. The maximum Gasteiger partial charge on any atom is 0.241 e. The molecule has 1 aromatic carbocycles. The van der Waals surface area contributed by atoms with Crippen LogP contribution in [0.3, 0.4) is 0 Å². The lowest BCUT2D eigenvalue weighted by atomic mass is 9.99. The molecule has 0 saturated carbocycles. The average molecular weight is 289 g/mol. The van der Waals surface area contributed by atoms with Gasteiger partial charge in [0.2, 0.25) is 5.91 Å². The van der Waals surface area contributed by atoms with Crippen molar-refractivity contribution < 1.29 is 9.18 Å². The first-order chi connectivity index (χ1) is 8.49. The molecule has 5 heteroatoms. The van der Waals surface area contributed by atoms with E-state index in [2.05, 4.69) is 5.32 Å². The van der Waals surface area contributed by atoms with E-state index in [1.54, 1.807) is 12.1 Å². The van der Waals surface area contributed by atoms with Crippen LogP contribution in [0, 0.1) is 11.7 Å². The van der Waals surface area contributed by atoms with Gasteiger partial charge in [0, 0.05) is 5.69 Å². The van der Waals surface area contributed by atoms with Gasteiger partial charge in [-0.25, -0.2) is 4.39 Å². The van der Waals surface area contributed by atoms with E-state index in [0.29, 0.717) is 17.7 Å². The van der Waals surface area contributed by atoms with Gasteiger partial charge in [-0.1, -0.05) is 33.3 Å². The van der Waals surface area contributed by atoms with E-state index < -0.39 is 6.04 Å². The summed E-state index contributed by atoms with van der Waals surface area (Å²) < 4.78 is 13.5. The van der Waals surface area contributed by atoms with Crippen LogP contribution in [0.1, 0.15) is 32.8 Å². The Morgan fingerprint density at radius 1 is 1.42 bits per heavy atom. The molecule has 0 fully saturated rings. The Morgan fingerprint density at radius 3 is 2.53 bits per heavy atom. The van der Waals surface area contributed by atoms with E-state index in [-0.39, 0.29) is 30.0 Å². The Kier molecular flexibility index (Phi) is 7.64. The molecule has 2 atom stereocenters. The maximum atomic E-state index is 13.5. The van der Waals surface area contributed by atoms with Crippen molar-refractivity contribution in [3.63, 3.8) is 0 Å². The highest BCUT2D eigenvalue weighted by molar-refractivity contribution is 5.94.